The number of rotatable bonds is 5. The number of ether oxygens (including phenoxy) is 2. The van der Waals surface area contributed by atoms with E-state index in [1.165, 1.54) is 0 Å². The molecule has 2 fully saturated rings. The van der Waals surface area contributed by atoms with E-state index in [9.17, 15) is 15.0 Å². The van der Waals surface area contributed by atoms with E-state index < -0.39 is 12.2 Å². The number of aliphatic hydroxyl groups excluding tert-OH is 2. The van der Waals surface area contributed by atoms with E-state index in [0.29, 0.717) is 31.1 Å². The average molecular weight is 375 g/mol. The van der Waals surface area contributed by atoms with Gasteiger partial charge in [0.05, 0.1) is 25.4 Å². The summed E-state index contributed by atoms with van der Waals surface area (Å²) in [5.74, 6) is -0.522. The average Bonchev–Trinajstić information content (AvgIpc) is 3.43. The van der Waals surface area contributed by atoms with Crippen LogP contribution in [0.5, 0.6) is 0 Å². The lowest BCUT2D eigenvalue weighted by Crippen LogP contribution is -2.52. The van der Waals surface area contributed by atoms with Crippen molar-refractivity contribution in [1.82, 2.24) is 9.88 Å². The number of nitrogens with zero attached hydrogens (tertiary/aromatic N) is 3. The molecule has 3 aliphatic rings. The van der Waals surface area contributed by atoms with Crippen LogP contribution in [0.4, 0.5) is 5.82 Å². The molecule has 1 atom stereocenters. The second-order valence-electron chi connectivity index (χ2n) is 7.19. The molecule has 3 heterocycles. The lowest BCUT2D eigenvalue weighted by atomic mass is 10.0. The molecule has 0 radical (unpaired) electrons. The molecular weight excluding hydrogens is 350 g/mol. The number of anilines is 1. The first-order valence-corrected chi connectivity index (χ1v) is 9.40. The fourth-order valence-corrected chi connectivity index (χ4v) is 3.94. The quantitative estimate of drug-likeness (QED) is 0.734. The summed E-state index contributed by atoms with van der Waals surface area (Å²) in [7, 11) is 0. The Morgan fingerprint density at radius 1 is 1.44 bits per heavy atom. The standard InChI is InChI=1S/C19H25N3O5/c1-2-27-18(25)14-15(23)13-4-3-7-20-16(13)22(17(14)24)9-8-21-10-11-26-12-19(21)5-6-19/h3-4,7,17,23-24H,2,5-6,8-12H2,1H3. The molecular formula is C19H25N3O5. The third kappa shape index (κ3) is 3.18. The molecule has 146 valence electrons. The highest BCUT2D eigenvalue weighted by Crippen LogP contribution is 2.43. The predicted octanol–water partition coefficient (Wildman–Crippen LogP) is 0.917. The molecule has 1 aromatic rings. The number of carbonyl (C=O) groups excluding carboxylic acids is 1. The minimum Gasteiger partial charge on any atom is -0.506 e. The Kier molecular flexibility index (Phi) is 4.79. The number of hydrogen-bond donors (Lipinski definition) is 2. The Hall–Kier alpha value is -2.16. The van der Waals surface area contributed by atoms with Gasteiger partial charge in [-0.2, -0.15) is 0 Å². The highest BCUT2D eigenvalue weighted by molar-refractivity contribution is 6.00. The first-order valence-electron chi connectivity index (χ1n) is 9.40. The van der Waals surface area contributed by atoms with Crippen LogP contribution in [0.25, 0.3) is 5.76 Å². The zero-order valence-electron chi connectivity index (χ0n) is 15.4. The maximum Gasteiger partial charge on any atom is 0.342 e. The molecule has 0 amide bonds. The SMILES string of the molecule is CCOC(=O)C1=C(O)c2cccnc2N(CCN2CCOCC23CC3)C1O. The van der Waals surface area contributed by atoms with Crippen LogP contribution < -0.4 is 4.90 Å². The Bertz CT molecular complexity index is 761. The minimum atomic E-state index is -1.30. The molecule has 2 N–H and O–H groups in total. The molecule has 1 aliphatic carbocycles. The van der Waals surface area contributed by atoms with Crippen molar-refractivity contribution >= 4 is 17.5 Å². The van der Waals surface area contributed by atoms with E-state index in [1.54, 1.807) is 30.2 Å². The van der Waals surface area contributed by atoms with E-state index in [1.807, 2.05) is 0 Å². The Balaban J connectivity index is 1.59. The van der Waals surface area contributed by atoms with Gasteiger partial charge >= 0.3 is 5.97 Å². The van der Waals surface area contributed by atoms with Crippen molar-refractivity contribution < 1.29 is 24.5 Å². The summed E-state index contributed by atoms with van der Waals surface area (Å²) < 4.78 is 10.6. The van der Waals surface area contributed by atoms with Gasteiger partial charge in [-0.05, 0) is 31.9 Å². The summed E-state index contributed by atoms with van der Waals surface area (Å²) >= 11 is 0. The Labute approximate surface area is 158 Å². The van der Waals surface area contributed by atoms with Crippen LogP contribution in [0, 0.1) is 0 Å². The molecule has 1 saturated carbocycles. The predicted molar refractivity (Wildman–Crippen MR) is 98.1 cm³/mol. The fourth-order valence-electron chi connectivity index (χ4n) is 3.94. The molecule has 1 unspecified atom stereocenters. The van der Waals surface area contributed by atoms with Gasteiger partial charge in [0.25, 0.3) is 0 Å². The molecule has 4 rings (SSSR count). The monoisotopic (exact) mass is 375 g/mol. The van der Waals surface area contributed by atoms with Crippen LogP contribution in [0.3, 0.4) is 0 Å². The zero-order valence-corrected chi connectivity index (χ0v) is 15.4. The molecule has 27 heavy (non-hydrogen) atoms. The van der Waals surface area contributed by atoms with E-state index >= 15 is 0 Å². The molecule has 0 bridgehead atoms. The van der Waals surface area contributed by atoms with Crippen molar-refractivity contribution in [1.29, 1.82) is 0 Å². The van der Waals surface area contributed by atoms with Gasteiger partial charge in [0.1, 0.15) is 17.2 Å². The van der Waals surface area contributed by atoms with Crippen molar-refractivity contribution in [2.75, 3.05) is 44.4 Å². The van der Waals surface area contributed by atoms with Gasteiger partial charge in [0.15, 0.2) is 6.23 Å². The van der Waals surface area contributed by atoms with E-state index in [2.05, 4.69) is 9.88 Å². The summed E-state index contributed by atoms with van der Waals surface area (Å²) in [6, 6.07) is 3.38. The number of aromatic nitrogens is 1. The van der Waals surface area contributed by atoms with Crippen molar-refractivity contribution in [2.24, 2.45) is 0 Å². The fraction of sp³-hybridized carbons (Fsp3) is 0.579. The number of pyridine rings is 1. The van der Waals surface area contributed by atoms with Crippen LogP contribution in [0.1, 0.15) is 25.3 Å². The van der Waals surface area contributed by atoms with E-state index in [4.69, 9.17) is 9.47 Å². The van der Waals surface area contributed by atoms with Gasteiger partial charge < -0.3 is 24.6 Å². The number of aliphatic hydroxyl groups is 2. The van der Waals surface area contributed by atoms with Crippen molar-refractivity contribution in [2.45, 2.75) is 31.5 Å². The van der Waals surface area contributed by atoms with Crippen LogP contribution in [-0.4, -0.2) is 77.3 Å². The van der Waals surface area contributed by atoms with Gasteiger partial charge in [-0.15, -0.1) is 0 Å². The lowest BCUT2D eigenvalue weighted by molar-refractivity contribution is -0.139. The van der Waals surface area contributed by atoms with Crippen LogP contribution >= 0.6 is 0 Å². The van der Waals surface area contributed by atoms with E-state index in [-0.39, 0.29) is 23.5 Å². The number of esters is 1. The third-order valence-electron chi connectivity index (χ3n) is 5.60. The van der Waals surface area contributed by atoms with Gasteiger partial charge in [-0.25, -0.2) is 9.78 Å². The number of hydrogen-bond acceptors (Lipinski definition) is 8. The first-order chi connectivity index (χ1) is 13.1. The highest BCUT2D eigenvalue weighted by Gasteiger charge is 2.50. The molecule has 8 nitrogen and oxygen atoms in total. The molecule has 1 spiro atoms. The van der Waals surface area contributed by atoms with Gasteiger partial charge in [0.2, 0.25) is 0 Å². The molecule has 1 saturated heterocycles. The topological polar surface area (TPSA) is 95.4 Å². The van der Waals surface area contributed by atoms with Crippen LogP contribution in [0.2, 0.25) is 0 Å². The Morgan fingerprint density at radius 2 is 2.26 bits per heavy atom. The summed E-state index contributed by atoms with van der Waals surface area (Å²) in [6.07, 6.45) is 2.55. The summed E-state index contributed by atoms with van der Waals surface area (Å²) in [6.45, 7) is 5.35. The van der Waals surface area contributed by atoms with Gasteiger partial charge in [-0.1, -0.05) is 0 Å². The highest BCUT2D eigenvalue weighted by atomic mass is 16.5. The van der Waals surface area contributed by atoms with Crippen LogP contribution in [0.15, 0.2) is 23.9 Å². The zero-order chi connectivity index (χ0) is 19.0. The first kappa shape index (κ1) is 18.2. The lowest BCUT2D eigenvalue weighted by Gasteiger charge is -2.40. The van der Waals surface area contributed by atoms with Gasteiger partial charge in [-0.3, -0.25) is 4.90 Å². The second-order valence-corrected chi connectivity index (χ2v) is 7.19. The third-order valence-corrected chi connectivity index (χ3v) is 5.60. The largest absolute Gasteiger partial charge is 0.506 e. The van der Waals surface area contributed by atoms with Crippen molar-refractivity contribution in [3.63, 3.8) is 0 Å². The Morgan fingerprint density at radius 3 is 3.00 bits per heavy atom. The number of morpholine rings is 1. The summed E-state index contributed by atoms with van der Waals surface area (Å²) in [5.41, 5.74) is 0.419. The normalized spacial score (nSPS) is 24.1. The van der Waals surface area contributed by atoms with Gasteiger partial charge in [0, 0.05) is 31.4 Å². The maximum atomic E-state index is 12.3. The van der Waals surface area contributed by atoms with Crippen molar-refractivity contribution in [3.8, 4) is 0 Å². The summed E-state index contributed by atoms with van der Waals surface area (Å²) in [5, 5.41) is 21.4. The number of fused-ring (bicyclic) bond motifs is 1. The van der Waals surface area contributed by atoms with Crippen LogP contribution in [-0.2, 0) is 14.3 Å². The maximum absolute atomic E-state index is 12.3. The minimum absolute atomic E-state index is 0.133. The molecule has 0 aromatic carbocycles. The second kappa shape index (κ2) is 7.10. The van der Waals surface area contributed by atoms with E-state index in [0.717, 1.165) is 26.0 Å². The number of carbonyl (C=O) groups is 1. The molecule has 1 aromatic heterocycles. The summed E-state index contributed by atoms with van der Waals surface area (Å²) in [4.78, 5) is 20.7. The smallest absolute Gasteiger partial charge is 0.342 e. The molecule has 2 aliphatic heterocycles. The molecule has 8 heteroatoms. The van der Waals surface area contributed by atoms with Crippen molar-refractivity contribution in [3.05, 3.63) is 29.5 Å².